The molecule has 0 unspecified atom stereocenters. The molecular formula is C8H14O7S. The Labute approximate surface area is 93.5 Å². The summed E-state index contributed by atoms with van der Waals surface area (Å²) in [4.78, 5) is 14.1. The highest BCUT2D eigenvalue weighted by Gasteiger charge is 2.29. The van der Waals surface area contributed by atoms with Crippen LogP contribution in [0.15, 0.2) is 0 Å². The number of carbonyl (C=O) groups is 1. The Bertz CT molecular complexity index is 317. The van der Waals surface area contributed by atoms with Gasteiger partial charge in [0.2, 0.25) is 0 Å². The van der Waals surface area contributed by atoms with Crippen LogP contribution >= 0.6 is 0 Å². The fraction of sp³-hybridized carbons (Fsp3) is 0.875. The maximum Gasteiger partial charge on any atom is 0.342 e. The molecule has 1 rings (SSSR count). The number of carbonyl (C=O) groups excluding carboxylic acids is 1. The summed E-state index contributed by atoms with van der Waals surface area (Å²) < 4.78 is 27.0. The second-order valence-electron chi connectivity index (χ2n) is 3.53. The van der Waals surface area contributed by atoms with E-state index in [1.54, 1.807) is 0 Å². The van der Waals surface area contributed by atoms with E-state index in [9.17, 15) is 13.2 Å². The molecule has 1 aliphatic rings. The van der Waals surface area contributed by atoms with Gasteiger partial charge in [0.25, 0.3) is 10.1 Å². The Morgan fingerprint density at radius 2 is 1.75 bits per heavy atom. The van der Waals surface area contributed by atoms with Crippen molar-refractivity contribution in [3.63, 3.8) is 0 Å². The molecule has 0 saturated heterocycles. The maximum absolute atomic E-state index is 11.5. The minimum absolute atomic E-state index is 0.541. The molecule has 0 radical (unpaired) electrons. The van der Waals surface area contributed by atoms with Crippen LogP contribution in [0.1, 0.15) is 39.0 Å². The molecule has 0 bridgehead atoms. The van der Waals surface area contributed by atoms with E-state index < -0.39 is 21.3 Å². The van der Waals surface area contributed by atoms with Crippen molar-refractivity contribution in [3.05, 3.63) is 0 Å². The average molecular weight is 254 g/mol. The smallest absolute Gasteiger partial charge is 0.267 e. The summed E-state index contributed by atoms with van der Waals surface area (Å²) >= 11 is 0. The first-order valence-corrected chi connectivity index (χ1v) is 6.43. The zero-order valence-corrected chi connectivity index (χ0v) is 9.70. The van der Waals surface area contributed by atoms with E-state index >= 15 is 0 Å². The van der Waals surface area contributed by atoms with Crippen molar-refractivity contribution < 1.29 is 32.5 Å². The van der Waals surface area contributed by atoms with Crippen LogP contribution in [0.2, 0.25) is 0 Å². The molecule has 1 aliphatic carbocycles. The molecule has 0 spiro atoms. The first-order chi connectivity index (χ1) is 7.52. The van der Waals surface area contributed by atoms with Crippen LogP contribution < -0.4 is 0 Å². The van der Waals surface area contributed by atoms with E-state index in [-0.39, 0.29) is 0 Å². The van der Waals surface area contributed by atoms with Crippen LogP contribution in [0, 0.1) is 0 Å². The van der Waals surface area contributed by atoms with Gasteiger partial charge in [-0.2, -0.15) is 8.42 Å². The predicted molar refractivity (Wildman–Crippen MR) is 50.8 cm³/mol. The van der Waals surface area contributed by atoms with E-state index in [0.29, 0.717) is 12.8 Å². The topological polar surface area (TPSA) is 88.1 Å². The molecule has 1 saturated carbocycles. The molecule has 0 amide bonds. The SMILES string of the molecule is CC(=O)OOOOS(=O)(=O)C1CCCCC1. The molecule has 16 heavy (non-hydrogen) atoms. The highest BCUT2D eigenvalue weighted by atomic mass is 32.2. The number of hydrogen-bond donors (Lipinski definition) is 0. The summed E-state index contributed by atoms with van der Waals surface area (Å²) in [6.45, 7) is 1.07. The normalized spacial score (nSPS) is 18.3. The number of hydrogen-bond acceptors (Lipinski definition) is 7. The molecule has 0 aromatic rings. The fourth-order valence-electron chi connectivity index (χ4n) is 1.52. The van der Waals surface area contributed by atoms with Gasteiger partial charge in [0.1, 0.15) is 0 Å². The van der Waals surface area contributed by atoms with Gasteiger partial charge in [-0.3, -0.25) is 4.89 Å². The Balaban J connectivity index is 2.30. The van der Waals surface area contributed by atoms with Gasteiger partial charge in [0, 0.05) is 12.0 Å². The molecule has 0 aromatic carbocycles. The van der Waals surface area contributed by atoms with Gasteiger partial charge in [-0.25, -0.2) is 4.79 Å². The van der Waals surface area contributed by atoms with Crippen molar-refractivity contribution in [1.29, 1.82) is 0 Å². The van der Waals surface area contributed by atoms with Crippen LogP contribution in [0.5, 0.6) is 0 Å². The molecule has 0 aliphatic heterocycles. The maximum atomic E-state index is 11.5. The largest absolute Gasteiger partial charge is 0.342 e. The molecule has 0 N–H and O–H groups in total. The van der Waals surface area contributed by atoms with Gasteiger partial charge < -0.3 is 0 Å². The lowest BCUT2D eigenvalue weighted by atomic mass is 10.0. The minimum Gasteiger partial charge on any atom is -0.267 e. The summed E-state index contributed by atoms with van der Waals surface area (Å²) in [7, 11) is -3.82. The van der Waals surface area contributed by atoms with Gasteiger partial charge >= 0.3 is 5.97 Å². The standard InChI is InChI=1S/C8H14O7S/c1-7(9)12-13-14-15-16(10,11)8-5-3-2-4-6-8/h8H,2-6H2,1H3. The van der Waals surface area contributed by atoms with Crippen LogP contribution in [0.4, 0.5) is 0 Å². The van der Waals surface area contributed by atoms with Crippen LogP contribution in [-0.4, -0.2) is 19.6 Å². The van der Waals surface area contributed by atoms with Crippen LogP contribution in [-0.2, 0) is 34.2 Å². The summed E-state index contributed by atoms with van der Waals surface area (Å²) in [5.74, 6) is -0.779. The van der Waals surface area contributed by atoms with Gasteiger partial charge in [-0.15, -0.1) is 0 Å². The lowest BCUT2D eigenvalue weighted by Crippen LogP contribution is -2.26. The monoisotopic (exact) mass is 254 g/mol. The van der Waals surface area contributed by atoms with Gasteiger partial charge in [0.15, 0.2) is 0 Å². The third-order valence-corrected chi connectivity index (χ3v) is 3.80. The molecule has 94 valence electrons. The summed E-state index contributed by atoms with van der Waals surface area (Å²) in [6.07, 6.45) is 3.80. The summed E-state index contributed by atoms with van der Waals surface area (Å²) in [5.41, 5.74) is 0. The van der Waals surface area contributed by atoms with Crippen molar-refractivity contribution in [3.8, 4) is 0 Å². The van der Waals surface area contributed by atoms with E-state index in [1.807, 2.05) is 0 Å². The molecule has 0 heterocycles. The Morgan fingerprint density at radius 1 is 1.12 bits per heavy atom. The highest BCUT2D eigenvalue weighted by Crippen LogP contribution is 2.24. The lowest BCUT2D eigenvalue weighted by molar-refractivity contribution is -0.587. The average Bonchev–Trinajstić information content (AvgIpc) is 2.26. The summed E-state index contributed by atoms with van der Waals surface area (Å²) in [5, 5.41) is 7.02. The lowest BCUT2D eigenvalue weighted by Gasteiger charge is -2.19. The first kappa shape index (κ1) is 13.4. The Kier molecular flexibility index (Phi) is 5.13. The van der Waals surface area contributed by atoms with Gasteiger partial charge in [-0.1, -0.05) is 23.6 Å². The van der Waals surface area contributed by atoms with Crippen molar-refractivity contribution in [2.75, 3.05) is 0 Å². The fourth-order valence-corrected chi connectivity index (χ4v) is 2.64. The van der Waals surface area contributed by atoms with Crippen molar-refractivity contribution >= 4 is 16.1 Å². The first-order valence-electron chi connectivity index (χ1n) is 4.96. The predicted octanol–water partition coefficient (Wildman–Crippen LogP) is 1.01. The molecule has 1 fully saturated rings. The molecule has 8 heteroatoms. The van der Waals surface area contributed by atoms with Crippen molar-refractivity contribution in [1.82, 2.24) is 0 Å². The van der Waals surface area contributed by atoms with Crippen LogP contribution in [0.25, 0.3) is 0 Å². The molecular weight excluding hydrogens is 240 g/mol. The zero-order valence-electron chi connectivity index (χ0n) is 8.88. The Morgan fingerprint density at radius 3 is 2.31 bits per heavy atom. The third kappa shape index (κ3) is 4.44. The van der Waals surface area contributed by atoms with Crippen LogP contribution in [0.3, 0.4) is 0 Å². The third-order valence-electron chi connectivity index (χ3n) is 2.26. The van der Waals surface area contributed by atoms with Gasteiger partial charge in [0.05, 0.1) is 5.25 Å². The van der Waals surface area contributed by atoms with E-state index in [2.05, 4.69) is 19.3 Å². The molecule has 7 nitrogen and oxygen atoms in total. The second kappa shape index (κ2) is 6.14. The second-order valence-corrected chi connectivity index (χ2v) is 5.32. The van der Waals surface area contributed by atoms with Crippen molar-refractivity contribution in [2.45, 2.75) is 44.3 Å². The molecule has 0 atom stereocenters. The summed E-state index contributed by atoms with van der Waals surface area (Å²) in [6, 6.07) is 0. The molecule has 0 aromatic heterocycles. The number of rotatable bonds is 5. The van der Waals surface area contributed by atoms with Gasteiger partial charge in [-0.05, 0) is 17.9 Å². The van der Waals surface area contributed by atoms with E-state index in [1.165, 1.54) is 0 Å². The quantitative estimate of drug-likeness (QED) is 0.411. The minimum atomic E-state index is -3.82. The zero-order chi connectivity index (χ0) is 12.0. The van der Waals surface area contributed by atoms with E-state index in [4.69, 9.17) is 0 Å². The van der Waals surface area contributed by atoms with Crippen molar-refractivity contribution in [2.24, 2.45) is 0 Å². The Hall–Kier alpha value is -0.700. The highest BCUT2D eigenvalue weighted by molar-refractivity contribution is 7.87. The van der Waals surface area contributed by atoms with E-state index in [0.717, 1.165) is 26.2 Å².